The first-order chi connectivity index (χ1) is 40.5. The first-order valence-electron chi connectivity index (χ1n) is 33.5. The van der Waals surface area contributed by atoms with E-state index in [0.717, 1.165) is 122 Å². The second kappa shape index (κ2) is 68.5. The van der Waals surface area contributed by atoms with Crippen LogP contribution in [0.1, 0.15) is 284 Å². The minimum atomic E-state index is -0.842. The van der Waals surface area contributed by atoms with E-state index in [0.29, 0.717) is 19.3 Å². The molecule has 0 aromatic heterocycles. The number of allylic oxidation sites excluding steroid dienone is 25. The third kappa shape index (κ3) is 65.8. The SMILES string of the molecule is CC/C=C\C/C=C\C/C=C\C/C=C\C/C=C\C/C=C\C/C=C\CCCCCCCCCCCCCCCC(=O)OCC(COC(=O)CCCCCCC/C=C\CCCCCCC)OC(=O)C/C=C\C/C=C\C/C=C\C/C=C\C/C=C\CC. The van der Waals surface area contributed by atoms with Crippen molar-refractivity contribution >= 4 is 17.9 Å². The van der Waals surface area contributed by atoms with Crippen molar-refractivity contribution in [3.8, 4) is 0 Å². The van der Waals surface area contributed by atoms with Gasteiger partial charge in [-0.2, -0.15) is 0 Å². The molecule has 0 aromatic rings. The van der Waals surface area contributed by atoms with Crippen molar-refractivity contribution in [2.75, 3.05) is 13.2 Å². The molecule has 1 unspecified atom stereocenters. The summed E-state index contributed by atoms with van der Waals surface area (Å²) in [7, 11) is 0. The Labute approximate surface area is 505 Å². The number of unbranched alkanes of at least 4 members (excludes halogenated alkanes) is 23. The minimum absolute atomic E-state index is 0.0903. The van der Waals surface area contributed by atoms with Gasteiger partial charge in [-0.25, -0.2) is 0 Å². The van der Waals surface area contributed by atoms with Crippen LogP contribution < -0.4 is 0 Å². The molecule has 0 aliphatic rings. The van der Waals surface area contributed by atoms with Gasteiger partial charge in [0.05, 0.1) is 6.42 Å². The van der Waals surface area contributed by atoms with Crippen LogP contribution in [0.4, 0.5) is 0 Å². The summed E-state index contributed by atoms with van der Waals surface area (Å²) in [5.74, 6) is -1.06. The van der Waals surface area contributed by atoms with E-state index < -0.39 is 12.1 Å². The Morgan fingerprint density at radius 3 is 0.817 bits per heavy atom. The van der Waals surface area contributed by atoms with Gasteiger partial charge in [-0.3, -0.25) is 14.4 Å². The number of rotatable bonds is 59. The van der Waals surface area contributed by atoms with Gasteiger partial charge in [0.15, 0.2) is 6.10 Å². The number of hydrogen-bond donors (Lipinski definition) is 0. The summed E-state index contributed by atoms with van der Waals surface area (Å²) in [4.78, 5) is 38.2. The number of carbonyl (C=O) groups is 3. The Hall–Kier alpha value is -4.97. The molecule has 0 rings (SSSR count). The molecule has 0 fully saturated rings. The molecule has 1 atom stereocenters. The van der Waals surface area contributed by atoms with Gasteiger partial charge >= 0.3 is 17.9 Å². The predicted molar refractivity (Wildman–Crippen MR) is 357 cm³/mol. The van der Waals surface area contributed by atoms with Gasteiger partial charge in [0.2, 0.25) is 0 Å². The van der Waals surface area contributed by atoms with Gasteiger partial charge in [0.25, 0.3) is 0 Å². The van der Waals surface area contributed by atoms with Crippen LogP contribution in [0.5, 0.6) is 0 Å². The molecule has 0 aromatic carbocycles. The van der Waals surface area contributed by atoms with E-state index in [-0.39, 0.29) is 31.6 Å². The van der Waals surface area contributed by atoms with Crippen LogP contribution in [0.3, 0.4) is 0 Å². The highest BCUT2D eigenvalue weighted by atomic mass is 16.6. The van der Waals surface area contributed by atoms with Crippen LogP contribution in [-0.4, -0.2) is 37.2 Å². The lowest BCUT2D eigenvalue weighted by Crippen LogP contribution is -2.30. The molecule has 6 heteroatoms. The number of hydrogen-bond acceptors (Lipinski definition) is 6. The van der Waals surface area contributed by atoms with Crippen LogP contribution in [-0.2, 0) is 28.6 Å². The summed E-state index contributed by atoms with van der Waals surface area (Å²) in [6, 6.07) is 0. The molecule has 462 valence electrons. The molecular weight excluding hydrogens is 1010 g/mol. The molecule has 0 bridgehead atoms. The van der Waals surface area contributed by atoms with Crippen LogP contribution in [0, 0.1) is 0 Å². The lowest BCUT2D eigenvalue weighted by atomic mass is 10.0. The number of esters is 3. The Bertz CT molecular complexity index is 1830. The molecule has 0 radical (unpaired) electrons. The molecule has 0 amide bonds. The van der Waals surface area contributed by atoms with Gasteiger partial charge < -0.3 is 14.2 Å². The molecular formula is C76H122O6. The molecule has 0 saturated carbocycles. The van der Waals surface area contributed by atoms with Crippen LogP contribution in [0.25, 0.3) is 0 Å². The fraction of sp³-hybridized carbons (Fsp3) is 0.618. The molecule has 0 heterocycles. The summed E-state index contributed by atoms with van der Waals surface area (Å²) in [6.07, 6.45) is 100. The second-order valence-corrected chi connectivity index (χ2v) is 21.6. The zero-order valence-corrected chi connectivity index (χ0v) is 52.9. The minimum Gasteiger partial charge on any atom is -0.462 e. The standard InChI is InChI=1S/C76H122O6/c1-4-7-10-13-16-19-22-25-28-29-30-31-32-33-34-35-36-37-38-39-40-41-42-43-44-45-46-47-49-51-54-57-60-63-66-69-75(78)81-72-73(71-80-74(77)68-65-62-59-56-53-50-27-24-21-18-15-12-9-6-3)82-76(79)70-67-64-61-58-55-52-48-26-23-20-17-14-11-8-5-2/h7-8,10-11,16-17,19-20,24-28,30-31,33-34,36-37,39-40,48,55,58,64,67,73H,4-6,9,12-15,18,21-23,29,32,35,38,41-47,49-54,56-57,59-63,65-66,68-72H2,1-3H3/b10-7-,11-8-,19-16-,20-17-,27-24-,28-25-,31-30-,34-33-,37-36-,40-39-,48-26-,58-55-,67-64-. The maximum atomic E-state index is 12.8. The van der Waals surface area contributed by atoms with E-state index in [9.17, 15) is 14.4 Å². The zero-order valence-electron chi connectivity index (χ0n) is 52.9. The lowest BCUT2D eigenvalue weighted by molar-refractivity contribution is -0.166. The average molecular weight is 1130 g/mol. The van der Waals surface area contributed by atoms with E-state index in [4.69, 9.17) is 14.2 Å². The number of carbonyl (C=O) groups excluding carboxylic acids is 3. The monoisotopic (exact) mass is 1130 g/mol. The van der Waals surface area contributed by atoms with Crippen LogP contribution in [0.15, 0.2) is 158 Å². The third-order valence-corrected chi connectivity index (χ3v) is 13.8. The Morgan fingerprint density at radius 1 is 0.268 bits per heavy atom. The normalized spacial score (nSPS) is 13.2. The van der Waals surface area contributed by atoms with Gasteiger partial charge in [-0.1, -0.05) is 294 Å². The van der Waals surface area contributed by atoms with Gasteiger partial charge in [-0.15, -0.1) is 0 Å². The lowest BCUT2D eigenvalue weighted by Gasteiger charge is -2.18. The van der Waals surface area contributed by atoms with Crippen molar-refractivity contribution in [1.82, 2.24) is 0 Å². The summed E-state index contributed by atoms with van der Waals surface area (Å²) in [5, 5.41) is 0. The summed E-state index contributed by atoms with van der Waals surface area (Å²) < 4.78 is 16.8. The maximum Gasteiger partial charge on any atom is 0.310 e. The molecule has 0 N–H and O–H groups in total. The summed E-state index contributed by atoms with van der Waals surface area (Å²) >= 11 is 0. The fourth-order valence-electron chi connectivity index (χ4n) is 8.85. The van der Waals surface area contributed by atoms with Gasteiger partial charge in [-0.05, 0) is 128 Å². The highest BCUT2D eigenvalue weighted by Crippen LogP contribution is 2.15. The van der Waals surface area contributed by atoms with Crippen molar-refractivity contribution in [3.63, 3.8) is 0 Å². The summed E-state index contributed by atoms with van der Waals surface area (Å²) in [6.45, 7) is 6.31. The fourth-order valence-corrected chi connectivity index (χ4v) is 8.85. The van der Waals surface area contributed by atoms with Crippen molar-refractivity contribution < 1.29 is 28.6 Å². The van der Waals surface area contributed by atoms with E-state index in [2.05, 4.69) is 167 Å². The first kappa shape index (κ1) is 77.0. The molecule has 0 aliphatic carbocycles. The highest BCUT2D eigenvalue weighted by Gasteiger charge is 2.19. The Morgan fingerprint density at radius 2 is 0.512 bits per heavy atom. The van der Waals surface area contributed by atoms with E-state index in [1.54, 1.807) is 6.08 Å². The van der Waals surface area contributed by atoms with E-state index in [1.165, 1.54) is 116 Å². The molecule has 0 aliphatic heterocycles. The predicted octanol–water partition coefficient (Wildman–Crippen LogP) is 23.3. The summed E-state index contributed by atoms with van der Waals surface area (Å²) in [5.41, 5.74) is 0. The van der Waals surface area contributed by atoms with Crippen LogP contribution >= 0.6 is 0 Å². The second-order valence-electron chi connectivity index (χ2n) is 21.6. The smallest absolute Gasteiger partial charge is 0.310 e. The molecule has 6 nitrogen and oxygen atoms in total. The highest BCUT2D eigenvalue weighted by molar-refractivity contribution is 5.72. The van der Waals surface area contributed by atoms with Gasteiger partial charge in [0, 0.05) is 12.8 Å². The average Bonchev–Trinajstić information content (AvgIpc) is 3.48. The third-order valence-electron chi connectivity index (χ3n) is 13.8. The largest absolute Gasteiger partial charge is 0.462 e. The van der Waals surface area contributed by atoms with Crippen molar-refractivity contribution in [3.05, 3.63) is 158 Å². The van der Waals surface area contributed by atoms with E-state index >= 15 is 0 Å². The quantitative estimate of drug-likeness (QED) is 0.0261. The van der Waals surface area contributed by atoms with Crippen LogP contribution in [0.2, 0.25) is 0 Å². The van der Waals surface area contributed by atoms with Crippen molar-refractivity contribution in [2.24, 2.45) is 0 Å². The van der Waals surface area contributed by atoms with Gasteiger partial charge in [0.1, 0.15) is 13.2 Å². The molecule has 0 spiro atoms. The Balaban J connectivity index is 4.27. The van der Waals surface area contributed by atoms with Crippen molar-refractivity contribution in [1.29, 1.82) is 0 Å². The number of ether oxygens (including phenoxy) is 3. The molecule has 0 saturated heterocycles. The van der Waals surface area contributed by atoms with E-state index in [1.807, 2.05) is 6.08 Å². The molecule has 82 heavy (non-hydrogen) atoms. The zero-order chi connectivity index (χ0) is 59.2. The van der Waals surface area contributed by atoms with Crippen molar-refractivity contribution in [2.45, 2.75) is 290 Å². The Kier molecular flexibility index (Phi) is 64.4. The maximum absolute atomic E-state index is 12.8. The topological polar surface area (TPSA) is 78.9 Å². The first-order valence-corrected chi connectivity index (χ1v) is 33.5.